The molecule has 0 bridgehead atoms. The van der Waals surface area contributed by atoms with Crippen molar-refractivity contribution in [3.05, 3.63) is 65.1 Å². The Morgan fingerprint density at radius 1 is 1.25 bits per heavy atom. The quantitative estimate of drug-likeness (QED) is 0.895. The Labute approximate surface area is 165 Å². The van der Waals surface area contributed by atoms with Crippen LogP contribution in [0.15, 0.2) is 58.9 Å². The molecule has 2 heterocycles. The molecule has 2 aromatic rings. The maximum atomic E-state index is 11.7. The zero-order chi connectivity index (χ0) is 20.1. The lowest BCUT2D eigenvalue weighted by molar-refractivity contribution is -0.128. The molecule has 3 rings (SSSR count). The number of piperidine rings is 1. The smallest absolute Gasteiger partial charge is 0.219 e. The van der Waals surface area contributed by atoms with Crippen molar-refractivity contribution in [1.29, 1.82) is 5.26 Å². The second kappa shape index (κ2) is 8.49. The number of hydrogen-bond acceptors (Lipinski definition) is 5. The van der Waals surface area contributed by atoms with E-state index < -0.39 is 0 Å². The van der Waals surface area contributed by atoms with Gasteiger partial charge in [-0.1, -0.05) is 24.3 Å². The van der Waals surface area contributed by atoms with Gasteiger partial charge in [0.15, 0.2) is 0 Å². The lowest BCUT2D eigenvalue weighted by atomic mass is 9.96. The molecule has 1 aromatic carbocycles. The zero-order valence-corrected chi connectivity index (χ0v) is 16.1. The molecule has 0 aliphatic carbocycles. The third-order valence-electron chi connectivity index (χ3n) is 4.98. The normalized spacial score (nSPS) is 17.3. The van der Waals surface area contributed by atoms with Crippen LogP contribution in [0.2, 0.25) is 0 Å². The molecule has 0 atom stereocenters. The molecular formula is C22H23N5O. The number of rotatable bonds is 3. The highest BCUT2D eigenvalue weighted by Gasteiger charge is 2.23. The largest absolute Gasteiger partial charge is 0.401 e. The summed E-state index contributed by atoms with van der Waals surface area (Å²) in [6.07, 6.45) is 3.04. The summed E-state index contributed by atoms with van der Waals surface area (Å²) in [4.78, 5) is 22.0. The molecule has 0 spiro atoms. The van der Waals surface area contributed by atoms with E-state index in [1.807, 2.05) is 36.4 Å². The molecule has 2 N–H and O–H groups in total. The fraction of sp³-hybridized carbons (Fsp3) is 0.273. The van der Waals surface area contributed by atoms with Gasteiger partial charge < -0.3 is 10.6 Å². The monoisotopic (exact) mass is 373 g/mol. The summed E-state index contributed by atoms with van der Waals surface area (Å²) in [5.74, 6) is 0.0563. The van der Waals surface area contributed by atoms with Crippen LogP contribution in [0.1, 0.15) is 24.6 Å². The van der Waals surface area contributed by atoms with Gasteiger partial charge in [-0.3, -0.25) is 9.79 Å². The van der Waals surface area contributed by atoms with Gasteiger partial charge in [0.1, 0.15) is 11.8 Å². The number of allylic oxidation sites excluding steroid dienone is 1. The Morgan fingerprint density at radius 2 is 1.96 bits per heavy atom. The number of nitriles is 1. The molecule has 0 saturated carbocycles. The van der Waals surface area contributed by atoms with Gasteiger partial charge >= 0.3 is 0 Å². The summed E-state index contributed by atoms with van der Waals surface area (Å²) in [6.45, 7) is 2.79. The van der Waals surface area contributed by atoms with Crippen molar-refractivity contribution in [2.24, 2.45) is 10.7 Å². The van der Waals surface area contributed by atoms with Gasteiger partial charge in [0.2, 0.25) is 5.91 Å². The molecule has 28 heavy (non-hydrogen) atoms. The molecule has 1 saturated heterocycles. The van der Waals surface area contributed by atoms with Crippen molar-refractivity contribution in [1.82, 2.24) is 9.88 Å². The highest BCUT2D eigenvalue weighted by atomic mass is 16.2. The van der Waals surface area contributed by atoms with Gasteiger partial charge in [-0.05, 0) is 23.3 Å². The fourth-order valence-electron chi connectivity index (χ4n) is 3.33. The number of aliphatic imine (C=N–C) groups is 1. The van der Waals surface area contributed by atoms with Crippen LogP contribution in [0.3, 0.4) is 0 Å². The van der Waals surface area contributed by atoms with Crippen molar-refractivity contribution in [3.8, 4) is 17.2 Å². The Balaban J connectivity index is 1.79. The minimum absolute atomic E-state index is 0.0563. The van der Waals surface area contributed by atoms with Gasteiger partial charge in [-0.15, -0.1) is 0 Å². The lowest BCUT2D eigenvalue weighted by Gasteiger charge is -2.30. The Bertz CT molecular complexity index is 965. The minimum atomic E-state index is 0.0563. The SMILES string of the molecule is CN=C1CCN(C(C)=O)CC1=C(N)Cc1ccc(-c2ccc(C#N)nc2)cc1. The maximum absolute atomic E-state index is 11.7. The first-order chi connectivity index (χ1) is 13.5. The highest BCUT2D eigenvalue weighted by molar-refractivity contribution is 6.02. The molecule has 0 radical (unpaired) electrons. The van der Waals surface area contributed by atoms with E-state index in [1.165, 1.54) is 0 Å². The summed E-state index contributed by atoms with van der Waals surface area (Å²) in [6, 6.07) is 13.7. The number of nitrogens with two attached hydrogens (primary N) is 1. The van der Waals surface area contributed by atoms with E-state index in [1.54, 1.807) is 31.1 Å². The Morgan fingerprint density at radius 3 is 2.54 bits per heavy atom. The first-order valence-electron chi connectivity index (χ1n) is 9.16. The second-order valence-electron chi connectivity index (χ2n) is 6.78. The molecule has 1 aromatic heterocycles. The van der Waals surface area contributed by atoms with E-state index in [0.717, 1.165) is 40.1 Å². The van der Waals surface area contributed by atoms with Crippen LogP contribution < -0.4 is 5.73 Å². The van der Waals surface area contributed by atoms with Crippen LogP contribution in [0.5, 0.6) is 0 Å². The first-order valence-corrected chi connectivity index (χ1v) is 9.16. The van der Waals surface area contributed by atoms with E-state index >= 15 is 0 Å². The first kappa shape index (κ1) is 19.3. The van der Waals surface area contributed by atoms with Crippen molar-refractivity contribution in [2.75, 3.05) is 20.1 Å². The van der Waals surface area contributed by atoms with Crippen LogP contribution in [-0.4, -0.2) is 41.6 Å². The third-order valence-corrected chi connectivity index (χ3v) is 4.98. The molecular weight excluding hydrogens is 350 g/mol. The number of pyridine rings is 1. The number of carbonyl (C=O) groups excluding carboxylic acids is 1. The van der Waals surface area contributed by atoms with Gasteiger partial charge in [-0.2, -0.15) is 5.26 Å². The zero-order valence-electron chi connectivity index (χ0n) is 16.1. The molecule has 1 aliphatic rings. The number of aromatic nitrogens is 1. The average molecular weight is 373 g/mol. The van der Waals surface area contributed by atoms with Crippen LogP contribution in [0.4, 0.5) is 0 Å². The summed E-state index contributed by atoms with van der Waals surface area (Å²) in [5.41, 5.74) is 12.6. The predicted octanol–water partition coefficient (Wildman–Crippen LogP) is 2.70. The number of benzene rings is 1. The van der Waals surface area contributed by atoms with Gasteiger partial charge in [-0.25, -0.2) is 4.98 Å². The van der Waals surface area contributed by atoms with E-state index in [-0.39, 0.29) is 5.91 Å². The number of amides is 1. The van der Waals surface area contributed by atoms with Gasteiger partial charge in [0.05, 0.1) is 0 Å². The molecule has 1 fully saturated rings. The summed E-state index contributed by atoms with van der Waals surface area (Å²) in [5, 5.41) is 8.85. The second-order valence-corrected chi connectivity index (χ2v) is 6.78. The topological polar surface area (TPSA) is 95.4 Å². The van der Waals surface area contributed by atoms with Crippen LogP contribution in [-0.2, 0) is 11.2 Å². The van der Waals surface area contributed by atoms with Crippen molar-refractivity contribution >= 4 is 11.6 Å². The van der Waals surface area contributed by atoms with Crippen molar-refractivity contribution in [3.63, 3.8) is 0 Å². The number of likely N-dealkylation sites (tertiary alicyclic amines) is 1. The number of nitrogens with zero attached hydrogens (tertiary/aromatic N) is 4. The fourth-order valence-corrected chi connectivity index (χ4v) is 3.33. The Hall–Kier alpha value is -3.46. The highest BCUT2D eigenvalue weighted by Crippen LogP contribution is 2.22. The van der Waals surface area contributed by atoms with Crippen LogP contribution >= 0.6 is 0 Å². The lowest BCUT2D eigenvalue weighted by Crippen LogP contribution is -2.40. The molecule has 1 amide bonds. The molecule has 6 nitrogen and oxygen atoms in total. The summed E-state index contributed by atoms with van der Waals surface area (Å²) >= 11 is 0. The minimum Gasteiger partial charge on any atom is -0.401 e. The molecule has 1 aliphatic heterocycles. The summed E-state index contributed by atoms with van der Waals surface area (Å²) < 4.78 is 0. The van der Waals surface area contributed by atoms with E-state index in [0.29, 0.717) is 25.2 Å². The summed E-state index contributed by atoms with van der Waals surface area (Å²) in [7, 11) is 1.77. The number of hydrogen-bond donors (Lipinski definition) is 1. The average Bonchev–Trinajstić information content (AvgIpc) is 2.73. The van der Waals surface area contributed by atoms with Gasteiger partial charge in [0.25, 0.3) is 0 Å². The predicted molar refractivity (Wildman–Crippen MR) is 110 cm³/mol. The van der Waals surface area contributed by atoms with Crippen molar-refractivity contribution < 1.29 is 4.79 Å². The maximum Gasteiger partial charge on any atom is 0.219 e. The van der Waals surface area contributed by atoms with E-state index in [2.05, 4.69) is 9.98 Å². The third kappa shape index (κ3) is 4.26. The van der Waals surface area contributed by atoms with E-state index in [9.17, 15) is 4.79 Å². The molecule has 6 heteroatoms. The van der Waals surface area contributed by atoms with Crippen molar-refractivity contribution in [2.45, 2.75) is 19.8 Å². The van der Waals surface area contributed by atoms with Crippen LogP contribution in [0.25, 0.3) is 11.1 Å². The van der Waals surface area contributed by atoms with Crippen LogP contribution in [0, 0.1) is 11.3 Å². The van der Waals surface area contributed by atoms with E-state index in [4.69, 9.17) is 11.0 Å². The Kier molecular flexibility index (Phi) is 5.85. The molecule has 142 valence electrons. The molecule has 0 unspecified atom stereocenters. The van der Waals surface area contributed by atoms with Gasteiger partial charge in [0, 0.05) is 68.6 Å². The number of carbonyl (C=O) groups is 1. The standard InChI is InChI=1S/C22H23N5O/c1-15(28)27-10-9-22(25-2)20(14-27)21(24)11-16-3-5-17(6-4-16)18-7-8-19(12-23)26-13-18/h3-8,13H,9-11,14,24H2,1-2H3.